The summed E-state index contributed by atoms with van der Waals surface area (Å²) in [5.41, 5.74) is 1.87. The van der Waals surface area contributed by atoms with Gasteiger partial charge in [0.05, 0.1) is 12.7 Å². The topological polar surface area (TPSA) is 38.8 Å². The zero-order valence-corrected chi connectivity index (χ0v) is 14.4. The molecule has 3 aliphatic rings. The van der Waals surface area contributed by atoms with Crippen LogP contribution in [0.25, 0.3) is 0 Å². The molecule has 3 fully saturated rings. The Balaban J connectivity index is 1.31. The smallest absolute Gasteiger partial charge is 0.254 e. The molecule has 2 aliphatic heterocycles. The Labute approximate surface area is 144 Å². The maximum absolute atomic E-state index is 12.8. The van der Waals surface area contributed by atoms with Gasteiger partial charge in [-0.1, -0.05) is 18.2 Å². The van der Waals surface area contributed by atoms with Crippen LogP contribution in [-0.2, 0) is 9.47 Å². The van der Waals surface area contributed by atoms with Crippen LogP contribution in [0.4, 0.5) is 0 Å². The fraction of sp³-hybridized carbons (Fsp3) is 0.650. The maximum Gasteiger partial charge on any atom is 0.254 e. The van der Waals surface area contributed by atoms with Crippen molar-refractivity contribution >= 4 is 5.91 Å². The lowest BCUT2D eigenvalue weighted by Gasteiger charge is -2.20. The largest absolute Gasteiger partial charge is 0.381 e. The molecule has 0 spiro atoms. The van der Waals surface area contributed by atoms with Crippen LogP contribution in [0.3, 0.4) is 0 Å². The van der Waals surface area contributed by atoms with Crippen molar-refractivity contribution < 1.29 is 14.3 Å². The van der Waals surface area contributed by atoms with Crippen molar-refractivity contribution in [2.45, 2.75) is 32.3 Å². The lowest BCUT2D eigenvalue weighted by Crippen LogP contribution is -2.31. The van der Waals surface area contributed by atoms with Gasteiger partial charge in [0.25, 0.3) is 5.91 Å². The van der Waals surface area contributed by atoms with Gasteiger partial charge in [-0.15, -0.1) is 0 Å². The Kier molecular flexibility index (Phi) is 4.59. The molecule has 0 unspecified atom stereocenters. The van der Waals surface area contributed by atoms with Crippen LogP contribution in [-0.4, -0.2) is 49.8 Å². The highest BCUT2D eigenvalue weighted by molar-refractivity contribution is 5.95. The second-order valence-corrected chi connectivity index (χ2v) is 7.63. The third-order valence-corrected chi connectivity index (χ3v) is 5.79. The van der Waals surface area contributed by atoms with Crippen molar-refractivity contribution in [1.82, 2.24) is 4.90 Å². The van der Waals surface area contributed by atoms with Crippen LogP contribution in [0.1, 0.15) is 35.2 Å². The van der Waals surface area contributed by atoms with Crippen LogP contribution in [0.5, 0.6) is 0 Å². The summed E-state index contributed by atoms with van der Waals surface area (Å²) in [4.78, 5) is 14.8. The molecule has 0 radical (unpaired) electrons. The molecule has 3 atom stereocenters. The van der Waals surface area contributed by atoms with Crippen LogP contribution in [0.2, 0.25) is 0 Å². The first-order chi connectivity index (χ1) is 11.7. The number of likely N-dealkylation sites (tertiary alicyclic amines) is 1. The quantitative estimate of drug-likeness (QED) is 0.753. The van der Waals surface area contributed by atoms with Crippen LogP contribution in [0, 0.1) is 24.7 Å². The molecule has 0 N–H and O–H groups in total. The number of amides is 1. The molecule has 1 aliphatic carbocycles. The van der Waals surface area contributed by atoms with Gasteiger partial charge in [0.15, 0.2) is 0 Å². The van der Waals surface area contributed by atoms with E-state index >= 15 is 0 Å². The summed E-state index contributed by atoms with van der Waals surface area (Å²) in [6.45, 7) is 6.15. The van der Waals surface area contributed by atoms with E-state index in [4.69, 9.17) is 9.47 Å². The van der Waals surface area contributed by atoms with Gasteiger partial charge in [0, 0.05) is 37.8 Å². The highest BCUT2D eigenvalue weighted by atomic mass is 16.5. The number of fused-ring (bicyclic) bond motifs is 1. The Morgan fingerprint density at radius 2 is 2.12 bits per heavy atom. The van der Waals surface area contributed by atoms with E-state index in [1.54, 1.807) is 0 Å². The van der Waals surface area contributed by atoms with Gasteiger partial charge >= 0.3 is 0 Å². The van der Waals surface area contributed by atoms with Gasteiger partial charge in [-0.25, -0.2) is 0 Å². The molecule has 0 aromatic heterocycles. The molecule has 4 nitrogen and oxygen atoms in total. The average molecular weight is 329 g/mol. The van der Waals surface area contributed by atoms with Crippen molar-refractivity contribution in [1.29, 1.82) is 0 Å². The number of carbonyl (C=O) groups excluding carboxylic acids is 1. The zero-order chi connectivity index (χ0) is 16.5. The number of hydrogen-bond acceptors (Lipinski definition) is 3. The van der Waals surface area contributed by atoms with E-state index in [0.29, 0.717) is 11.8 Å². The third-order valence-electron chi connectivity index (χ3n) is 5.79. The number of aryl methyl sites for hydroxylation is 1. The molecule has 4 rings (SSSR count). The summed E-state index contributed by atoms with van der Waals surface area (Å²) in [5.74, 6) is 1.98. The number of ether oxygens (including phenoxy) is 2. The van der Waals surface area contributed by atoms with Gasteiger partial charge in [0.2, 0.25) is 0 Å². The van der Waals surface area contributed by atoms with E-state index < -0.39 is 0 Å². The molecule has 24 heavy (non-hydrogen) atoms. The van der Waals surface area contributed by atoms with Crippen LogP contribution >= 0.6 is 0 Å². The van der Waals surface area contributed by atoms with E-state index in [0.717, 1.165) is 56.4 Å². The number of hydrogen-bond donors (Lipinski definition) is 0. The molecule has 1 aromatic rings. The zero-order valence-electron chi connectivity index (χ0n) is 14.4. The first-order valence-electron chi connectivity index (χ1n) is 9.26. The first-order valence-corrected chi connectivity index (χ1v) is 9.26. The molecule has 130 valence electrons. The summed E-state index contributed by atoms with van der Waals surface area (Å²) in [6, 6.07) is 7.84. The number of nitrogens with zero attached hydrogens (tertiary/aromatic N) is 1. The van der Waals surface area contributed by atoms with Crippen molar-refractivity contribution in [2.24, 2.45) is 17.8 Å². The lowest BCUT2D eigenvalue weighted by molar-refractivity contribution is 0.0651. The molecule has 4 heteroatoms. The van der Waals surface area contributed by atoms with Gasteiger partial charge in [-0.2, -0.15) is 0 Å². The molecule has 0 bridgehead atoms. The Morgan fingerprint density at radius 3 is 2.92 bits per heavy atom. The first kappa shape index (κ1) is 16.1. The van der Waals surface area contributed by atoms with Gasteiger partial charge < -0.3 is 14.4 Å². The van der Waals surface area contributed by atoms with Crippen LogP contribution < -0.4 is 0 Å². The molecule has 1 amide bonds. The Hall–Kier alpha value is -1.39. The number of carbonyl (C=O) groups is 1. The summed E-state index contributed by atoms with van der Waals surface area (Å²) >= 11 is 0. The second-order valence-electron chi connectivity index (χ2n) is 7.63. The number of benzene rings is 1. The SMILES string of the molecule is Cc1ccccc1C(=O)N1C[C@H]2[C@@H](CCOCC3CC3)CO[C@H]2C1. The average Bonchev–Trinajstić information content (AvgIpc) is 3.19. The monoisotopic (exact) mass is 329 g/mol. The highest BCUT2D eigenvalue weighted by Gasteiger charge is 2.45. The van der Waals surface area contributed by atoms with Gasteiger partial charge in [-0.05, 0) is 49.7 Å². The van der Waals surface area contributed by atoms with E-state index in [9.17, 15) is 4.79 Å². The van der Waals surface area contributed by atoms with E-state index in [2.05, 4.69) is 0 Å². The minimum Gasteiger partial charge on any atom is -0.381 e. The molecule has 1 saturated carbocycles. The van der Waals surface area contributed by atoms with Gasteiger partial charge in [0.1, 0.15) is 0 Å². The highest BCUT2D eigenvalue weighted by Crippen LogP contribution is 2.36. The fourth-order valence-corrected chi connectivity index (χ4v) is 4.01. The Bertz CT molecular complexity index is 598. The standard InChI is InChI=1S/C20H27NO3/c1-14-4-2-3-5-17(14)20(22)21-10-18-16(13-24-19(18)11-21)8-9-23-12-15-6-7-15/h2-5,15-16,18-19H,6-13H2,1H3/t16-,18-,19-/m0/s1. The maximum atomic E-state index is 12.8. The van der Waals surface area contributed by atoms with E-state index in [1.807, 2.05) is 36.1 Å². The molecule has 2 saturated heterocycles. The lowest BCUT2D eigenvalue weighted by atomic mass is 9.91. The predicted octanol–water partition coefficient (Wildman–Crippen LogP) is 2.90. The summed E-state index contributed by atoms with van der Waals surface area (Å²) < 4.78 is 11.8. The fourth-order valence-electron chi connectivity index (χ4n) is 4.01. The predicted molar refractivity (Wildman–Crippen MR) is 92.0 cm³/mol. The molecular weight excluding hydrogens is 302 g/mol. The van der Waals surface area contributed by atoms with Crippen LogP contribution in [0.15, 0.2) is 24.3 Å². The van der Waals surface area contributed by atoms with E-state index in [-0.39, 0.29) is 12.0 Å². The third kappa shape index (κ3) is 3.35. The minimum absolute atomic E-state index is 0.148. The summed E-state index contributed by atoms with van der Waals surface area (Å²) in [7, 11) is 0. The summed E-state index contributed by atoms with van der Waals surface area (Å²) in [6.07, 6.45) is 3.95. The van der Waals surface area contributed by atoms with E-state index in [1.165, 1.54) is 12.8 Å². The molecular formula is C20H27NO3. The van der Waals surface area contributed by atoms with Crippen molar-refractivity contribution in [3.8, 4) is 0 Å². The second kappa shape index (κ2) is 6.85. The molecule has 1 aromatic carbocycles. The van der Waals surface area contributed by atoms with Crippen molar-refractivity contribution in [2.75, 3.05) is 32.9 Å². The summed E-state index contributed by atoms with van der Waals surface area (Å²) in [5, 5.41) is 0. The number of rotatable bonds is 6. The Morgan fingerprint density at radius 1 is 1.29 bits per heavy atom. The van der Waals surface area contributed by atoms with Crippen molar-refractivity contribution in [3.63, 3.8) is 0 Å². The molecule has 2 heterocycles. The minimum atomic E-state index is 0.148. The van der Waals surface area contributed by atoms with Gasteiger partial charge in [-0.3, -0.25) is 4.79 Å². The van der Waals surface area contributed by atoms with Crippen molar-refractivity contribution in [3.05, 3.63) is 35.4 Å². The normalized spacial score (nSPS) is 29.0.